The van der Waals surface area contributed by atoms with Gasteiger partial charge in [-0.1, -0.05) is 6.92 Å². The Morgan fingerprint density at radius 2 is 2.27 bits per heavy atom. The van der Waals surface area contributed by atoms with Crippen LogP contribution in [0, 0.1) is 0 Å². The predicted octanol–water partition coefficient (Wildman–Crippen LogP) is 0.258. The molecule has 1 rings (SSSR count). The lowest BCUT2D eigenvalue weighted by atomic mass is 10.2. The molecule has 2 N–H and O–H groups in total. The fourth-order valence-corrected chi connectivity index (χ4v) is 1.15. The minimum atomic E-state index is -1.20. The Kier molecular flexibility index (Phi) is 3.43. The van der Waals surface area contributed by atoms with Gasteiger partial charge < -0.3 is 10.4 Å². The Balaban J connectivity index is 2.92. The number of carbonyl (C=O) groups is 2. The van der Waals surface area contributed by atoms with Crippen LogP contribution in [0.3, 0.4) is 0 Å². The van der Waals surface area contributed by atoms with E-state index in [1.54, 1.807) is 7.05 Å². The second-order valence-corrected chi connectivity index (χ2v) is 3.13. The normalized spacial score (nSPS) is 10.0. The molecule has 0 aromatic carbocycles. The van der Waals surface area contributed by atoms with Gasteiger partial charge in [0.1, 0.15) is 0 Å². The van der Waals surface area contributed by atoms with Crippen LogP contribution in [0.1, 0.15) is 34.2 Å². The van der Waals surface area contributed by atoms with Crippen molar-refractivity contribution in [2.45, 2.75) is 13.3 Å². The molecule has 0 saturated carbocycles. The number of carboxylic acid groups (broad SMARTS) is 1. The third-order valence-corrected chi connectivity index (χ3v) is 1.81. The van der Waals surface area contributed by atoms with Crippen molar-refractivity contribution < 1.29 is 14.7 Å². The maximum Gasteiger partial charge on any atom is 0.357 e. The van der Waals surface area contributed by atoms with E-state index in [2.05, 4.69) is 10.4 Å². The van der Waals surface area contributed by atoms with Crippen LogP contribution in [-0.2, 0) is 7.05 Å². The average Bonchev–Trinajstić information content (AvgIpc) is 2.57. The fourth-order valence-electron chi connectivity index (χ4n) is 1.15. The third kappa shape index (κ3) is 2.55. The Hall–Kier alpha value is -1.85. The van der Waals surface area contributed by atoms with Crippen LogP contribution < -0.4 is 5.32 Å². The number of carboxylic acids is 1. The van der Waals surface area contributed by atoms with Gasteiger partial charge in [-0.05, 0) is 6.42 Å². The largest absolute Gasteiger partial charge is 0.476 e. The molecule has 0 atom stereocenters. The van der Waals surface area contributed by atoms with Crippen molar-refractivity contribution in [3.8, 4) is 0 Å². The molecule has 0 bridgehead atoms. The second-order valence-electron chi connectivity index (χ2n) is 3.13. The lowest BCUT2D eigenvalue weighted by Gasteiger charge is -2.00. The van der Waals surface area contributed by atoms with Crippen molar-refractivity contribution in [1.82, 2.24) is 15.1 Å². The zero-order valence-corrected chi connectivity index (χ0v) is 8.65. The van der Waals surface area contributed by atoms with E-state index in [-0.39, 0.29) is 11.3 Å². The van der Waals surface area contributed by atoms with Gasteiger partial charge in [-0.15, -0.1) is 0 Å². The molecule has 0 aliphatic rings. The summed E-state index contributed by atoms with van der Waals surface area (Å²) >= 11 is 0. The van der Waals surface area contributed by atoms with Gasteiger partial charge in [-0.25, -0.2) is 4.79 Å². The van der Waals surface area contributed by atoms with Crippen molar-refractivity contribution in [3.05, 3.63) is 17.5 Å². The highest BCUT2D eigenvalue weighted by molar-refractivity contribution is 6.03. The van der Waals surface area contributed by atoms with E-state index in [1.807, 2.05) is 6.92 Å². The van der Waals surface area contributed by atoms with E-state index in [9.17, 15) is 9.59 Å². The minimum absolute atomic E-state index is 0.0958. The van der Waals surface area contributed by atoms with E-state index in [0.717, 1.165) is 6.42 Å². The molecule has 1 aromatic rings. The van der Waals surface area contributed by atoms with Gasteiger partial charge >= 0.3 is 5.97 Å². The summed E-state index contributed by atoms with van der Waals surface area (Å²) in [4.78, 5) is 22.3. The summed E-state index contributed by atoms with van der Waals surface area (Å²) in [7, 11) is 1.57. The minimum Gasteiger partial charge on any atom is -0.476 e. The summed E-state index contributed by atoms with van der Waals surface area (Å²) in [5, 5.41) is 15.1. The molecule has 6 nitrogen and oxygen atoms in total. The Morgan fingerprint density at radius 1 is 1.60 bits per heavy atom. The molecule has 0 saturated heterocycles. The smallest absolute Gasteiger partial charge is 0.357 e. The number of nitrogens with zero attached hydrogens (tertiary/aromatic N) is 2. The number of hydrogen-bond donors (Lipinski definition) is 2. The maximum absolute atomic E-state index is 11.5. The molecule has 0 fully saturated rings. The van der Waals surface area contributed by atoms with Gasteiger partial charge in [-0.3, -0.25) is 9.48 Å². The van der Waals surface area contributed by atoms with Crippen molar-refractivity contribution in [2.24, 2.45) is 7.05 Å². The topological polar surface area (TPSA) is 84.2 Å². The van der Waals surface area contributed by atoms with E-state index in [0.29, 0.717) is 6.54 Å². The summed E-state index contributed by atoms with van der Waals surface area (Å²) in [6.45, 7) is 2.44. The van der Waals surface area contributed by atoms with E-state index < -0.39 is 11.9 Å². The van der Waals surface area contributed by atoms with Crippen LogP contribution in [0.4, 0.5) is 0 Å². The zero-order valence-electron chi connectivity index (χ0n) is 8.65. The van der Waals surface area contributed by atoms with Gasteiger partial charge in [0.2, 0.25) is 0 Å². The Labute approximate surface area is 86.9 Å². The van der Waals surface area contributed by atoms with Crippen LogP contribution in [0.15, 0.2) is 6.20 Å². The molecule has 82 valence electrons. The molecule has 1 aromatic heterocycles. The first-order valence-corrected chi connectivity index (χ1v) is 4.61. The summed E-state index contributed by atoms with van der Waals surface area (Å²) in [5.74, 6) is -1.60. The van der Waals surface area contributed by atoms with Crippen molar-refractivity contribution in [3.63, 3.8) is 0 Å². The quantitative estimate of drug-likeness (QED) is 0.748. The Bertz CT molecular complexity index is 384. The number of rotatable bonds is 4. The highest BCUT2D eigenvalue weighted by Gasteiger charge is 2.20. The Morgan fingerprint density at radius 3 is 2.80 bits per heavy atom. The van der Waals surface area contributed by atoms with Gasteiger partial charge in [0.25, 0.3) is 5.91 Å². The number of aromatic carboxylic acids is 1. The monoisotopic (exact) mass is 211 g/mol. The fraction of sp³-hybridized carbons (Fsp3) is 0.444. The molecular formula is C9H13N3O3. The van der Waals surface area contributed by atoms with Crippen LogP contribution in [-0.4, -0.2) is 33.3 Å². The van der Waals surface area contributed by atoms with Crippen molar-refractivity contribution >= 4 is 11.9 Å². The molecule has 1 amide bonds. The maximum atomic E-state index is 11.5. The molecule has 0 aliphatic carbocycles. The molecule has 6 heteroatoms. The predicted molar refractivity (Wildman–Crippen MR) is 52.8 cm³/mol. The van der Waals surface area contributed by atoms with Gasteiger partial charge in [0.15, 0.2) is 5.69 Å². The van der Waals surface area contributed by atoms with Gasteiger partial charge in [0, 0.05) is 19.8 Å². The number of carbonyl (C=O) groups excluding carboxylic acids is 1. The standard InChI is InChI=1S/C9H13N3O3/c1-3-4-10-8(13)6-5-12(2)11-7(6)9(14)15/h5H,3-4H2,1-2H3,(H,10,13)(H,14,15). The van der Waals surface area contributed by atoms with E-state index >= 15 is 0 Å². The first kappa shape index (κ1) is 11.2. The lowest BCUT2D eigenvalue weighted by molar-refractivity contribution is 0.0684. The number of nitrogens with one attached hydrogen (secondary N) is 1. The average molecular weight is 211 g/mol. The molecular weight excluding hydrogens is 198 g/mol. The zero-order chi connectivity index (χ0) is 11.4. The SMILES string of the molecule is CCCNC(=O)c1cn(C)nc1C(=O)O. The van der Waals surface area contributed by atoms with Crippen LogP contribution in [0.25, 0.3) is 0 Å². The number of hydrogen-bond acceptors (Lipinski definition) is 3. The first-order chi connectivity index (χ1) is 7.06. The van der Waals surface area contributed by atoms with Crippen LogP contribution >= 0.6 is 0 Å². The highest BCUT2D eigenvalue weighted by atomic mass is 16.4. The molecule has 0 radical (unpaired) electrons. The molecule has 0 spiro atoms. The first-order valence-electron chi connectivity index (χ1n) is 4.61. The summed E-state index contributed by atoms with van der Waals surface area (Å²) in [6.07, 6.45) is 2.20. The summed E-state index contributed by atoms with van der Waals surface area (Å²) in [5.41, 5.74) is -0.121. The molecule has 0 unspecified atom stereocenters. The number of amides is 1. The highest BCUT2D eigenvalue weighted by Crippen LogP contribution is 2.05. The van der Waals surface area contributed by atoms with Crippen LogP contribution in [0.2, 0.25) is 0 Å². The van der Waals surface area contributed by atoms with Gasteiger partial charge in [-0.2, -0.15) is 5.10 Å². The molecule has 1 heterocycles. The van der Waals surface area contributed by atoms with Crippen molar-refractivity contribution in [2.75, 3.05) is 6.54 Å². The number of aryl methyl sites for hydroxylation is 1. The van der Waals surface area contributed by atoms with Crippen molar-refractivity contribution in [1.29, 1.82) is 0 Å². The lowest BCUT2D eigenvalue weighted by Crippen LogP contribution is -2.25. The van der Waals surface area contributed by atoms with Gasteiger partial charge in [0.05, 0.1) is 5.56 Å². The van der Waals surface area contributed by atoms with E-state index in [4.69, 9.17) is 5.11 Å². The summed E-state index contributed by atoms with van der Waals surface area (Å²) in [6, 6.07) is 0. The number of aromatic nitrogens is 2. The van der Waals surface area contributed by atoms with Crippen LogP contribution in [0.5, 0.6) is 0 Å². The summed E-state index contributed by atoms with van der Waals surface area (Å²) < 4.78 is 1.31. The molecule has 15 heavy (non-hydrogen) atoms. The molecule has 0 aliphatic heterocycles. The van der Waals surface area contributed by atoms with E-state index in [1.165, 1.54) is 10.9 Å². The third-order valence-electron chi connectivity index (χ3n) is 1.81. The second kappa shape index (κ2) is 4.59.